The SMILES string of the molecule is C=CC(C)C=O.Cc1ccc(C)cc1. The zero-order valence-electron chi connectivity index (χ0n) is 9.16. The van der Waals surface area contributed by atoms with E-state index in [2.05, 4.69) is 44.7 Å². The Balaban J connectivity index is 0.000000255. The minimum Gasteiger partial charge on any atom is -0.303 e. The summed E-state index contributed by atoms with van der Waals surface area (Å²) in [5, 5.41) is 0. The molecule has 0 spiro atoms. The fourth-order valence-corrected chi connectivity index (χ4v) is 0.692. The lowest BCUT2D eigenvalue weighted by Gasteiger charge is -1.90. The molecule has 1 aromatic carbocycles. The molecule has 1 atom stereocenters. The molecule has 0 heterocycles. The van der Waals surface area contributed by atoms with Crippen molar-refractivity contribution >= 4 is 6.29 Å². The lowest BCUT2D eigenvalue weighted by Crippen LogP contribution is -1.85. The van der Waals surface area contributed by atoms with Crippen LogP contribution in [0.2, 0.25) is 0 Å². The Labute approximate surface area is 86.5 Å². The van der Waals surface area contributed by atoms with Crippen LogP contribution in [0, 0.1) is 19.8 Å². The van der Waals surface area contributed by atoms with Crippen molar-refractivity contribution in [1.29, 1.82) is 0 Å². The van der Waals surface area contributed by atoms with Gasteiger partial charge in [-0.2, -0.15) is 0 Å². The Morgan fingerprint density at radius 3 is 1.64 bits per heavy atom. The number of carbonyl (C=O) groups excluding carboxylic acids is 1. The molecule has 0 aliphatic rings. The van der Waals surface area contributed by atoms with Gasteiger partial charge >= 0.3 is 0 Å². The summed E-state index contributed by atoms with van der Waals surface area (Å²) in [5.74, 6) is 0.0185. The monoisotopic (exact) mass is 190 g/mol. The second-order valence-electron chi connectivity index (χ2n) is 3.39. The summed E-state index contributed by atoms with van der Waals surface area (Å²) in [7, 11) is 0. The predicted molar refractivity (Wildman–Crippen MR) is 61.3 cm³/mol. The van der Waals surface area contributed by atoms with E-state index in [9.17, 15) is 4.79 Å². The molecule has 76 valence electrons. The number of allylic oxidation sites excluding steroid dienone is 1. The van der Waals surface area contributed by atoms with E-state index in [-0.39, 0.29) is 5.92 Å². The van der Waals surface area contributed by atoms with E-state index in [0.717, 1.165) is 6.29 Å². The first-order valence-corrected chi connectivity index (χ1v) is 4.71. The van der Waals surface area contributed by atoms with E-state index >= 15 is 0 Å². The smallest absolute Gasteiger partial charge is 0.126 e. The quantitative estimate of drug-likeness (QED) is 0.516. The molecule has 0 aliphatic carbocycles. The lowest BCUT2D eigenvalue weighted by molar-refractivity contribution is -0.109. The molecule has 0 saturated heterocycles. The predicted octanol–water partition coefficient (Wildman–Crippen LogP) is 3.31. The van der Waals surface area contributed by atoms with E-state index in [1.807, 2.05) is 0 Å². The molecule has 0 saturated carbocycles. The van der Waals surface area contributed by atoms with Crippen LogP contribution in [0.3, 0.4) is 0 Å². The number of rotatable bonds is 2. The molecule has 0 aromatic heterocycles. The summed E-state index contributed by atoms with van der Waals surface area (Å²) >= 11 is 0. The van der Waals surface area contributed by atoms with Gasteiger partial charge in [0.1, 0.15) is 6.29 Å². The fourth-order valence-electron chi connectivity index (χ4n) is 0.692. The van der Waals surface area contributed by atoms with Crippen LogP contribution in [0.25, 0.3) is 0 Å². The summed E-state index contributed by atoms with van der Waals surface area (Å²) in [6.45, 7) is 9.39. The standard InChI is InChI=1S/C8H10.C5H8O/c1-7-3-5-8(2)6-4-7;1-3-5(2)4-6/h3-6H,1-2H3;3-5H,1H2,2H3. The normalized spacial score (nSPS) is 10.8. The average molecular weight is 190 g/mol. The maximum absolute atomic E-state index is 9.66. The molecule has 0 aliphatic heterocycles. The molecule has 0 bridgehead atoms. The van der Waals surface area contributed by atoms with Gasteiger partial charge in [-0.3, -0.25) is 0 Å². The minimum absolute atomic E-state index is 0.0185. The van der Waals surface area contributed by atoms with Crippen LogP contribution in [-0.4, -0.2) is 6.29 Å². The third kappa shape index (κ3) is 6.18. The van der Waals surface area contributed by atoms with Gasteiger partial charge in [0.05, 0.1) is 0 Å². The molecule has 1 aromatic rings. The molecule has 0 fully saturated rings. The third-order valence-corrected chi connectivity index (χ3v) is 1.80. The van der Waals surface area contributed by atoms with Crippen molar-refractivity contribution in [2.45, 2.75) is 20.8 Å². The van der Waals surface area contributed by atoms with Crippen LogP contribution >= 0.6 is 0 Å². The molecule has 1 heteroatoms. The lowest BCUT2D eigenvalue weighted by atomic mass is 10.2. The van der Waals surface area contributed by atoms with E-state index in [0.29, 0.717) is 0 Å². The Hall–Kier alpha value is -1.37. The van der Waals surface area contributed by atoms with Gasteiger partial charge in [0, 0.05) is 5.92 Å². The molecule has 1 unspecified atom stereocenters. The number of hydrogen-bond acceptors (Lipinski definition) is 1. The van der Waals surface area contributed by atoms with E-state index in [4.69, 9.17) is 0 Å². The molecule has 1 rings (SSSR count). The summed E-state index contributed by atoms with van der Waals surface area (Å²) in [5.41, 5.74) is 2.66. The molecule has 14 heavy (non-hydrogen) atoms. The van der Waals surface area contributed by atoms with Gasteiger partial charge in [0.15, 0.2) is 0 Å². The third-order valence-electron chi connectivity index (χ3n) is 1.80. The number of aldehydes is 1. The Morgan fingerprint density at radius 1 is 1.14 bits per heavy atom. The highest BCUT2D eigenvalue weighted by molar-refractivity contribution is 5.55. The summed E-state index contributed by atoms with van der Waals surface area (Å²) < 4.78 is 0. The second-order valence-corrected chi connectivity index (χ2v) is 3.39. The zero-order valence-corrected chi connectivity index (χ0v) is 9.16. The van der Waals surface area contributed by atoms with Crippen molar-refractivity contribution in [3.8, 4) is 0 Å². The van der Waals surface area contributed by atoms with Crippen LogP contribution in [0.15, 0.2) is 36.9 Å². The summed E-state index contributed by atoms with van der Waals surface area (Å²) in [6.07, 6.45) is 2.46. The van der Waals surface area contributed by atoms with Gasteiger partial charge in [-0.1, -0.05) is 48.4 Å². The Kier molecular flexibility index (Phi) is 6.38. The highest BCUT2D eigenvalue weighted by Crippen LogP contribution is 1.99. The van der Waals surface area contributed by atoms with Gasteiger partial charge in [-0.25, -0.2) is 0 Å². The average Bonchev–Trinajstić information content (AvgIpc) is 2.22. The summed E-state index contributed by atoms with van der Waals surface area (Å²) in [6, 6.07) is 8.48. The first-order valence-electron chi connectivity index (χ1n) is 4.71. The molecule has 0 N–H and O–H groups in total. The van der Waals surface area contributed by atoms with Crippen molar-refractivity contribution in [3.05, 3.63) is 48.0 Å². The topological polar surface area (TPSA) is 17.1 Å². The van der Waals surface area contributed by atoms with Gasteiger partial charge in [0.25, 0.3) is 0 Å². The van der Waals surface area contributed by atoms with Gasteiger partial charge < -0.3 is 4.79 Å². The van der Waals surface area contributed by atoms with Gasteiger partial charge in [-0.15, -0.1) is 6.58 Å². The maximum Gasteiger partial charge on any atom is 0.126 e. The van der Waals surface area contributed by atoms with E-state index in [1.165, 1.54) is 11.1 Å². The van der Waals surface area contributed by atoms with Crippen LogP contribution in [-0.2, 0) is 4.79 Å². The highest BCUT2D eigenvalue weighted by Gasteiger charge is 1.84. The number of carbonyl (C=O) groups is 1. The van der Waals surface area contributed by atoms with Crippen molar-refractivity contribution in [2.75, 3.05) is 0 Å². The Bertz CT molecular complexity index is 243. The fraction of sp³-hybridized carbons (Fsp3) is 0.308. The Morgan fingerprint density at radius 2 is 1.50 bits per heavy atom. The molecular formula is C13H18O. The van der Waals surface area contributed by atoms with Crippen LogP contribution in [0.5, 0.6) is 0 Å². The van der Waals surface area contributed by atoms with Crippen molar-refractivity contribution < 1.29 is 4.79 Å². The van der Waals surface area contributed by atoms with Gasteiger partial charge in [-0.05, 0) is 13.8 Å². The summed E-state index contributed by atoms with van der Waals surface area (Å²) in [4.78, 5) is 9.66. The highest BCUT2D eigenvalue weighted by atomic mass is 16.1. The maximum atomic E-state index is 9.66. The second kappa shape index (κ2) is 7.07. The number of aryl methyl sites for hydroxylation is 2. The zero-order chi connectivity index (χ0) is 11.0. The number of hydrogen-bond donors (Lipinski definition) is 0. The molecular weight excluding hydrogens is 172 g/mol. The van der Waals surface area contributed by atoms with Crippen molar-refractivity contribution in [3.63, 3.8) is 0 Å². The minimum atomic E-state index is 0.0185. The van der Waals surface area contributed by atoms with E-state index in [1.54, 1.807) is 13.0 Å². The first kappa shape index (κ1) is 12.6. The van der Waals surface area contributed by atoms with Crippen molar-refractivity contribution in [1.82, 2.24) is 0 Å². The van der Waals surface area contributed by atoms with Crippen LogP contribution in [0.4, 0.5) is 0 Å². The first-order chi connectivity index (χ1) is 6.60. The van der Waals surface area contributed by atoms with E-state index < -0.39 is 0 Å². The molecule has 0 amide bonds. The largest absolute Gasteiger partial charge is 0.303 e. The van der Waals surface area contributed by atoms with Gasteiger partial charge in [0.2, 0.25) is 0 Å². The van der Waals surface area contributed by atoms with Crippen molar-refractivity contribution in [2.24, 2.45) is 5.92 Å². The van der Waals surface area contributed by atoms with Crippen LogP contribution in [0.1, 0.15) is 18.1 Å². The van der Waals surface area contributed by atoms with Crippen LogP contribution < -0.4 is 0 Å². The number of benzene rings is 1. The molecule has 0 radical (unpaired) electrons. The molecule has 1 nitrogen and oxygen atoms in total.